The number of H-pyrrole nitrogens is 1. The highest BCUT2D eigenvalue weighted by molar-refractivity contribution is 7.98. The predicted molar refractivity (Wildman–Crippen MR) is 83.1 cm³/mol. The number of hydrogen-bond acceptors (Lipinski definition) is 4. The van der Waals surface area contributed by atoms with Gasteiger partial charge in [-0.15, -0.1) is 5.10 Å². The Labute approximate surface area is 126 Å². The summed E-state index contributed by atoms with van der Waals surface area (Å²) in [5.74, 6) is 6.61. The lowest BCUT2D eigenvalue weighted by molar-refractivity contribution is 0.642. The molecule has 0 saturated heterocycles. The predicted octanol–water partition coefficient (Wildman–Crippen LogP) is 1.51. The van der Waals surface area contributed by atoms with Crippen LogP contribution in [0.4, 0.5) is 0 Å². The molecule has 0 atom stereocenters. The summed E-state index contributed by atoms with van der Waals surface area (Å²) in [6.07, 6.45) is 2.14. The molecule has 1 aliphatic rings. The minimum absolute atomic E-state index is 0.104. The zero-order valence-corrected chi connectivity index (χ0v) is 12.3. The average molecular weight is 300 g/mol. The summed E-state index contributed by atoms with van der Waals surface area (Å²) in [6.45, 7) is 0.370. The smallest absolute Gasteiger partial charge is 0.320 e. The number of nitrogens with two attached hydrogens (primary N) is 1. The van der Waals surface area contributed by atoms with Crippen molar-refractivity contribution in [3.05, 3.63) is 45.9 Å². The fraction of sp³-hybridized carbons (Fsp3) is 0.333. The van der Waals surface area contributed by atoms with Crippen LogP contribution in [0.1, 0.15) is 30.0 Å². The van der Waals surface area contributed by atoms with Crippen molar-refractivity contribution in [1.29, 1.82) is 0 Å². The van der Waals surface area contributed by atoms with Crippen molar-refractivity contribution in [1.82, 2.24) is 14.8 Å². The molecule has 1 aliphatic carbocycles. The summed E-state index contributed by atoms with van der Waals surface area (Å²) in [5, 5.41) is 7.41. The van der Waals surface area contributed by atoms with Gasteiger partial charge in [0, 0.05) is 17.4 Å². The SMILES string of the molecule is NCC#Cc1ccc(CSc2n[nH]c(=O)n2C2CC2)cc1. The van der Waals surface area contributed by atoms with Crippen molar-refractivity contribution in [2.24, 2.45) is 5.73 Å². The van der Waals surface area contributed by atoms with Crippen LogP contribution in [0.15, 0.2) is 34.2 Å². The van der Waals surface area contributed by atoms with Crippen molar-refractivity contribution in [3.63, 3.8) is 0 Å². The Morgan fingerprint density at radius 1 is 1.38 bits per heavy atom. The lowest BCUT2D eigenvalue weighted by Gasteiger charge is -2.03. The van der Waals surface area contributed by atoms with Crippen LogP contribution in [0.2, 0.25) is 0 Å². The van der Waals surface area contributed by atoms with Gasteiger partial charge in [-0.1, -0.05) is 35.7 Å². The molecule has 0 bridgehead atoms. The lowest BCUT2D eigenvalue weighted by atomic mass is 10.1. The Morgan fingerprint density at radius 3 is 2.81 bits per heavy atom. The van der Waals surface area contributed by atoms with Gasteiger partial charge in [0.2, 0.25) is 0 Å². The maximum absolute atomic E-state index is 11.7. The third-order valence-corrected chi connectivity index (χ3v) is 4.26. The van der Waals surface area contributed by atoms with Crippen molar-refractivity contribution in [2.45, 2.75) is 29.8 Å². The van der Waals surface area contributed by atoms with E-state index in [0.717, 1.165) is 29.3 Å². The third-order valence-electron chi connectivity index (χ3n) is 3.24. The molecule has 1 heterocycles. The Morgan fingerprint density at radius 2 is 2.14 bits per heavy atom. The average Bonchev–Trinajstić information content (AvgIpc) is 3.27. The van der Waals surface area contributed by atoms with E-state index in [1.807, 2.05) is 24.3 Å². The van der Waals surface area contributed by atoms with Gasteiger partial charge in [-0.05, 0) is 30.5 Å². The van der Waals surface area contributed by atoms with Gasteiger partial charge >= 0.3 is 5.69 Å². The molecule has 0 unspecified atom stereocenters. The van der Waals surface area contributed by atoms with Gasteiger partial charge in [0.25, 0.3) is 0 Å². The molecule has 0 spiro atoms. The number of benzene rings is 1. The van der Waals surface area contributed by atoms with Gasteiger partial charge in [0.1, 0.15) is 0 Å². The molecule has 108 valence electrons. The molecule has 0 radical (unpaired) electrons. The molecule has 1 saturated carbocycles. The normalized spacial score (nSPS) is 13.8. The summed E-state index contributed by atoms with van der Waals surface area (Å²) in [5.41, 5.74) is 7.38. The van der Waals surface area contributed by atoms with E-state index >= 15 is 0 Å². The molecular weight excluding hydrogens is 284 g/mol. The number of nitrogens with zero attached hydrogens (tertiary/aromatic N) is 2. The maximum Gasteiger partial charge on any atom is 0.344 e. The van der Waals surface area contributed by atoms with E-state index in [1.54, 1.807) is 16.3 Å². The van der Waals surface area contributed by atoms with Gasteiger partial charge in [-0.25, -0.2) is 9.89 Å². The Hall–Kier alpha value is -1.97. The van der Waals surface area contributed by atoms with Crippen molar-refractivity contribution < 1.29 is 0 Å². The molecule has 5 nitrogen and oxygen atoms in total. The number of hydrogen-bond donors (Lipinski definition) is 2. The van der Waals surface area contributed by atoms with Gasteiger partial charge in [-0.3, -0.25) is 4.57 Å². The molecule has 3 N–H and O–H groups in total. The summed E-state index contributed by atoms with van der Waals surface area (Å²) in [6, 6.07) is 8.39. The molecule has 0 amide bonds. The minimum atomic E-state index is -0.104. The van der Waals surface area contributed by atoms with Gasteiger partial charge in [0.05, 0.1) is 6.54 Å². The van der Waals surface area contributed by atoms with Crippen molar-refractivity contribution in [2.75, 3.05) is 6.54 Å². The zero-order chi connectivity index (χ0) is 14.7. The van der Waals surface area contributed by atoms with E-state index in [9.17, 15) is 4.79 Å². The van der Waals surface area contributed by atoms with Crippen LogP contribution >= 0.6 is 11.8 Å². The molecule has 1 fully saturated rings. The molecular formula is C15H16N4OS. The Bertz CT molecular complexity index is 732. The quantitative estimate of drug-likeness (QED) is 0.663. The molecule has 3 rings (SSSR count). The summed E-state index contributed by atoms with van der Waals surface area (Å²) in [7, 11) is 0. The molecule has 1 aromatic carbocycles. The van der Waals surface area contributed by atoms with Crippen LogP contribution in [0.5, 0.6) is 0 Å². The monoisotopic (exact) mass is 300 g/mol. The van der Waals surface area contributed by atoms with E-state index in [2.05, 4.69) is 22.0 Å². The molecule has 1 aromatic heterocycles. The number of aromatic amines is 1. The summed E-state index contributed by atoms with van der Waals surface area (Å²) >= 11 is 1.58. The number of aromatic nitrogens is 3. The number of thioether (sulfide) groups is 1. The first kappa shape index (κ1) is 14.0. The highest BCUT2D eigenvalue weighted by atomic mass is 32.2. The molecule has 0 aliphatic heterocycles. The maximum atomic E-state index is 11.7. The minimum Gasteiger partial charge on any atom is -0.320 e. The second-order valence-corrected chi connectivity index (χ2v) is 5.85. The van der Waals surface area contributed by atoms with E-state index < -0.39 is 0 Å². The topological polar surface area (TPSA) is 76.7 Å². The van der Waals surface area contributed by atoms with Crippen LogP contribution in [-0.4, -0.2) is 21.3 Å². The van der Waals surface area contributed by atoms with E-state index in [4.69, 9.17) is 5.73 Å². The van der Waals surface area contributed by atoms with Crippen molar-refractivity contribution in [3.8, 4) is 11.8 Å². The zero-order valence-electron chi connectivity index (χ0n) is 11.5. The largest absolute Gasteiger partial charge is 0.344 e. The number of nitrogens with one attached hydrogen (secondary N) is 1. The van der Waals surface area contributed by atoms with Crippen molar-refractivity contribution >= 4 is 11.8 Å². The molecule has 6 heteroatoms. The summed E-state index contributed by atoms with van der Waals surface area (Å²) < 4.78 is 1.77. The van der Waals surface area contributed by atoms with Crippen LogP contribution in [0.25, 0.3) is 0 Å². The molecule has 2 aromatic rings. The first-order valence-corrected chi connectivity index (χ1v) is 7.84. The van der Waals surface area contributed by atoms with E-state index in [-0.39, 0.29) is 5.69 Å². The second-order valence-electron chi connectivity index (χ2n) is 4.90. The first-order chi connectivity index (χ1) is 10.3. The van der Waals surface area contributed by atoms with Gasteiger partial charge < -0.3 is 5.73 Å². The molecule has 21 heavy (non-hydrogen) atoms. The fourth-order valence-electron chi connectivity index (χ4n) is 2.03. The highest BCUT2D eigenvalue weighted by Gasteiger charge is 2.28. The number of rotatable bonds is 4. The second kappa shape index (κ2) is 6.20. The van der Waals surface area contributed by atoms with Crippen LogP contribution in [-0.2, 0) is 5.75 Å². The van der Waals surface area contributed by atoms with Crippen LogP contribution in [0, 0.1) is 11.8 Å². The fourth-order valence-corrected chi connectivity index (χ4v) is 3.00. The van der Waals surface area contributed by atoms with Gasteiger partial charge in [0.15, 0.2) is 5.16 Å². The Balaban J connectivity index is 1.66. The first-order valence-electron chi connectivity index (χ1n) is 6.85. The summed E-state index contributed by atoms with van der Waals surface area (Å²) in [4.78, 5) is 11.7. The highest BCUT2D eigenvalue weighted by Crippen LogP contribution is 2.36. The van der Waals surface area contributed by atoms with E-state index in [0.29, 0.717) is 12.6 Å². The Kier molecular flexibility index (Phi) is 4.13. The van der Waals surface area contributed by atoms with E-state index in [1.165, 1.54) is 5.56 Å². The van der Waals surface area contributed by atoms with Crippen LogP contribution < -0.4 is 11.4 Å². The third kappa shape index (κ3) is 3.38. The van der Waals surface area contributed by atoms with Gasteiger partial charge in [-0.2, -0.15) is 0 Å². The standard InChI is InChI=1S/C15H16N4OS/c16-9-1-2-11-3-5-12(6-4-11)10-21-15-18-17-14(20)19(15)13-7-8-13/h3-6,13H,7-10,16H2,(H,17,20). The van der Waals surface area contributed by atoms with Crippen LogP contribution in [0.3, 0.4) is 0 Å². The lowest BCUT2D eigenvalue weighted by Crippen LogP contribution is -2.16.